The van der Waals surface area contributed by atoms with Crippen molar-refractivity contribution in [3.8, 4) is 5.75 Å². The molecule has 0 saturated heterocycles. The Morgan fingerprint density at radius 1 is 1.39 bits per heavy atom. The van der Waals surface area contributed by atoms with E-state index in [4.69, 9.17) is 4.74 Å². The van der Waals surface area contributed by atoms with Crippen LogP contribution in [0.25, 0.3) is 0 Å². The van der Waals surface area contributed by atoms with Crippen molar-refractivity contribution in [3.05, 3.63) is 36.7 Å². The molecule has 8 nitrogen and oxygen atoms in total. The lowest BCUT2D eigenvalue weighted by atomic mass is 10.2. The highest BCUT2D eigenvalue weighted by Gasteiger charge is 2.20. The largest absolute Gasteiger partial charge is 0.482 e. The number of sulfonamides is 1. The monoisotopic (exact) mass is 336 g/mol. The zero-order valence-electron chi connectivity index (χ0n) is 12.2. The maximum absolute atomic E-state index is 12.3. The lowest BCUT2D eigenvalue weighted by molar-refractivity contribution is -0.118. The maximum atomic E-state index is 12.3. The van der Waals surface area contributed by atoms with Crippen molar-refractivity contribution in [2.24, 2.45) is 0 Å². The van der Waals surface area contributed by atoms with Crippen molar-refractivity contribution in [1.82, 2.24) is 14.5 Å². The summed E-state index contributed by atoms with van der Waals surface area (Å²) in [4.78, 5) is 11.4. The number of aromatic nitrogens is 2. The summed E-state index contributed by atoms with van der Waals surface area (Å²) in [6.07, 6.45) is 4.11. The summed E-state index contributed by atoms with van der Waals surface area (Å²) in [6, 6.07) is 6.19. The van der Waals surface area contributed by atoms with Crippen molar-refractivity contribution < 1.29 is 17.9 Å². The molecule has 1 aliphatic rings. The van der Waals surface area contributed by atoms with Crippen LogP contribution in [-0.2, 0) is 21.4 Å². The molecule has 0 atom stereocenters. The van der Waals surface area contributed by atoms with E-state index in [2.05, 4.69) is 15.1 Å². The number of benzene rings is 1. The van der Waals surface area contributed by atoms with E-state index < -0.39 is 10.0 Å². The average molecular weight is 336 g/mol. The summed E-state index contributed by atoms with van der Waals surface area (Å²) in [6.45, 7) is 0.858. The first kappa shape index (κ1) is 15.5. The minimum atomic E-state index is -3.64. The van der Waals surface area contributed by atoms with E-state index >= 15 is 0 Å². The van der Waals surface area contributed by atoms with Crippen molar-refractivity contribution in [3.63, 3.8) is 0 Å². The van der Waals surface area contributed by atoms with Gasteiger partial charge in [0.1, 0.15) is 5.75 Å². The Balaban J connectivity index is 1.63. The molecule has 0 spiro atoms. The van der Waals surface area contributed by atoms with Crippen LogP contribution in [0, 0.1) is 0 Å². The van der Waals surface area contributed by atoms with E-state index in [0.717, 1.165) is 0 Å². The first-order valence-electron chi connectivity index (χ1n) is 7.08. The van der Waals surface area contributed by atoms with Gasteiger partial charge in [0.05, 0.1) is 10.6 Å². The van der Waals surface area contributed by atoms with Gasteiger partial charge in [0, 0.05) is 25.5 Å². The van der Waals surface area contributed by atoms with Crippen molar-refractivity contribution >= 4 is 21.6 Å². The van der Waals surface area contributed by atoms with Crippen LogP contribution in [0.5, 0.6) is 5.75 Å². The Labute approximate surface area is 133 Å². The van der Waals surface area contributed by atoms with Crippen molar-refractivity contribution in [1.29, 1.82) is 0 Å². The average Bonchev–Trinajstić information content (AvgIpc) is 3.04. The number of ether oxygens (including phenoxy) is 1. The molecule has 2 N–H and O–H groups in total. The van der Waals surface area contributed by atoms with Crippen molar-refractivity contribution in [2.45, 2.75) is 17.9 Å². The number of carbonyl (C=O) groups is 1. The molecule has 1 aromatic carbocycles. The lowest BCUT2D eigenvalue weighted by Gasteiger charge is -2.18. The number of nitrogens with one attached hydrogen (secondary N) is 2. The van der Waals surface area contributed by atoms with Crippen LogP contribution in [0.1, 0.15) is 6.42 Å². The number of fused-ring (bicyclic) bond motifs is 1. The van der Waals surface area contributed by atoms with Crippen LogP contribution in [0.15, 0.2) is 41.6 Å². The van der Waals surface area contributed by atoms with Gasteiger partial charge in [0.2, 0.25) is 10.0 Å². The fraction of sp³-hybridized carbons (Fsp3) is 0.286. The minimum Gasteiger partial charge on any atom is -0.482 e. The summed E-state index contributed by atoms with van der Waals surface area (Å²) in [5.74, 6) is 0.154. The number of hydrogen-bond acceptors (Lipinski definition) is 5. The standard InChI is InChI=1S/C14H16N4O4S/c19-14-10-22-13-4-3-11(9-12(13)17-14)23(20,21)16-6-2-8-18-7-1-5-15-18/h1,3-5,7,9,16H,2,6,8,10H2,(H,17,19). The molecular formula is C14H16N4O4S. The highest BCUT2D eigenvalue weighted by atomic mass is 32.2. The van der Waals surface area contributed by atoms with Crippen LogP contribution < -0.4 is 14.8 Å². The van der Waals surface area contributed by atoms with Gasteiger partial charge in [-0.05, 0) is 30.7 Å². The van der Waals surface area contributed by atoms with Gasteiger partial charge in [0.15, 0.2) is 6.61 Å². The van der Waals surface area contributed by atoms with E-state index in [9.17, 15) is 13.2 Å². The zero-order valence-corrected chi connectivity index (χ0v) is 13.0. The molecule has 0 aliphatic carbocycles. The molecule has 2 aromatic rings. The predicted octanol–water partition coefficient (Wildman–Crippen LogP) is 0.583. The van der Waals surface area contributed by atoms with Gasteiger partial charge in [-0.1, -0.05) is 0 Å². The lowest BCUT2D eigenvalue weighted by Crippen LogP contribution is -2.27. The van der Waals surface area contributed by atoms with Gasteiger partial charge in [0.25, 0.3) is 5.91 Å². The molecule has 0 fully saturated rings. The maximum Gasteiger partial charge on any atom is 0.262 e. The molecular weight excluding hydrogens is 320 g/mol. The molecule has 3 rings (SSSR count). The highest BCUT2D eigenvalue weighted by molar-refractivity contribution is 7.89. The van der Waals surface area contributed by atoms with Gasteiger partial charge < -0.3 is 10.1 Å². The summed E-state index contributed by atoms with van der Waals surface area (Å²) < 4.78 is 34.0. The molecule has 122 valence electrons. The second-order valence-corrected chi connectivity index (χ2v) is 6.78. The number of hydrogen-bond donors (Lipinski definition) is 2. The molecule has 23 heavy (non-hydrogen) atoms. The SMILES string of the molecule is O=C1COc2ccc(S(=O)(=O)NCCCn3cccn3)cc2N1. The number of nitrogens with zero attached hydrogens (tertiary/aromatic N) is 2. The van der Waals surface area contributed by atoms with Gasteiger partial charge in [-0.2, -0.15) is 5.10 Å². The number of anilines is 1. The van der Waals surface area contributed by atoms with E-state index in [0.29, 0.717) is 30.9 Å². The normalized spacial score (nSPS) is 14.0. The number of amides is 1. The summed E-state index contributed by atoms with van der Waals surface area (Å²) in [5, 5.41) is 6.64. The molecule has 1 aliphatic heterocycles. The smallest absolute Gasteiger partial charge is 0.262 e. The van der Waals surface area contributed by atoms with Gasteiger partial charge in [-0.3, -0.25) is 9.48 Å². The topological polar surface area (TPSA) is 102 Å². The van der Waals surface area contributed by atoms with E-state index in [1.165, 1.54) is 18.2 Å². The van der Waals surface area contributed by atoms with Crippen LogP contribution >= 0.6 is 0 Å². The fourth-order valence-corrected chi connectivity index (χ4v) is 3.29. The second kappa shape index (κ2) is 6.39. The molecule has 0 radical (unpaired) electrons. The molecule has 0 bridgehead atoms. The van der Waals surface area contributed by atoms with Crippen molar-refractivity contribution in [2.75, 3.05) is 18.5 Å². The molecule has 1 aromatic heterocycles. The van der Waals surface area contributed by atoms with Gasteiger partial charge in [-0.15, -0.1) is 0 Å². The van der Waals surface area contributed by atoms with Crippen LogP contribution in [0.3, 0.4) is 0 Å². The van der Waals surface area contributed by atoms with Crippen LogP contribution in [-0.4, -0.2) is 37.3 Å². The second-order valence-electron chi connectivity index (χ2n) is 5.02. The highest BCUT2D eigenvalue weighted by Crippen LogP contribution is 2.29. The molecule has 9 heteroatoms. The quantitative estimate of drug-likeness (QED) is 0.751. The Morgan fingerprint density at radius 2 is 2.26 bits per heavy atom. The third-order valence-electron chi connectivity index (χ3n) is 3.31. The van der Waals surface area contributed by atoms with E-state index in [1.807, 2.05) is 12.3 Å². The summed E-state index contributed by atoms with van der Waals surface area (Å²) in [5.41, 5.74) is 0.362. The molecule has 0 saturated carbocycles. The molecule has 0 unspecified atom stereocenters. The third kappa shape index (κ3) is 3.69. The predicted molar refractivity (Wildman–Crippen MR) is 82.6 cm³/mol. The van der Waals surface area contributed by atoms with Crippen LogP contribution in [0.4, 0.5) is 5.69 Å². The number of carbonyl (C=O) groups excluding carboxylic acids is 1. The molecule has 2 heterocycles. The Bertz CT molecular complexity index is 802. The Morgan fingerprint density at radius 3 is 3.04 bits per heavy atom. The first-order chi connectivity index (χ1) is 11.0. The Kier molecular flexibility index (Phi) is 4.30. The fourth-order valence-electron chi connectivity index (χ4n) is 2.19. The summed E-state index contributed by atoms with van der Waals surface area (Å²) in [7, 11) is -3.64. The first-order valence-corrected chi connectivity index (χ1v) is 8.57. The van der Waals surface area contributed by atoms with Gasteiger partial charge in [-0.25, -0.2) is 13.1 Å². The minimum absolute atomic E-state index is 0.0647. The number of aryl methyl sites for hydroxylation is 1. The van der Waals surface area contributed by atoms with Gasteiger partial charge >= 0.3 is 0 Å². The Hall–Kier alpha value is -2.39. The van der Waals surface area contributed by atoms with Crippen LogP contribution in [0.2, 0.25) is 0 Å². The van der Waals surface area contributed by atoms with E-state index in [-0.39, 0.29) is 17.4 Å². The number of rotatable bonds is 6. The zero-order chi connectivity index (χ0) is 16.3. The summed E-state index contributed by atoms with van der Waals surface area (Å²) >= 11 is 0. The molecule has 1 amide bonds. The van der Waals surface area contributed by atoms with E-state index in [1.54, 1.807) is 10.9 Å². The third-order valence-corrected chi connectivity index (χ3v) is 4.77.